The van der Waals surface area contributed by atoms with Gasteiger partial charge < -0.3 is 19.3 Å². The lowest BCUT2D eigenvalue weighted by Gasteiger charge is -2.39. The number of likely N-dealkylation sites (N-methyl/N-ethyl adjacent to an activating group) is 1. The molecule has 0 N–H and O–H groups in total. The zero-order chi connectivity index (χ0) is 33.1. The third-order valence-corrected chi connectivity index (χ3v) is 8.97. The predicted molar refractivity (Wildman–Crippen MR) is 162 cm³/mol. The number of carbonyl (C=O) groups excluding carboxylic acids is 3. The number of para-hydroxylation sites is 1. The van der Waals surface area contributed by atoms with Gasteiger partial charge in [0.15, 0.2) is 0 Å². The van der Waals surface area contributed by atoms with Gasteiger partial charge in [-0.1, -0.05) is 18.7 Å². The van der Waals surface area contributed by atoms with Crippen molar-refractivity contribution in [2.24, 2.45) is 5.92 Å². The predicted octanol–water partition coefficient (Wildman–Crippen LogP) is 4.23. The fourth-order valence-corrected chi connectivity index (χ4v) is 6.82. The maximum absolute atomic E-state index is 15.0. The van der Waals surface area contributed by atoms with Gasteiger partial charge in [-0.3, -0.25) is 19.3 Å². The largest absolute Gasteiger partial charge is 0.416 e. The summed E-state index contributed by atoms with van der Waals surface area (Å²) in [5, 5.41) is 0. The number of hydrogen-bond acceptors (Lipinski definition) is 6. The highest BCUT2D eigenvalue weighted by Crippen LogP contribution is 2.42. The Labute approximate surface area is 262 Å². The van der Waals surface area contributed by atoms with E-state index in [1.807, 2.05) is 17.9 Å². The van der Waals surface area contributed by atoms with Gasteiger partial charge in [-0.15, -0.1) is 0 Å². The minimum Gasteiger partial charge on any atom is -0.363 e. The van der Waals surface area contributed by atoms with Crippen LogP contribution < -0.4 is 14.7 Å². The zero-order valence-electron chi connectivity index (χ0n) is 25.5. The lowest BCUT2D eigenvalue weighted by Crippen LogP contribution is -2.52. The van der Waals surface area contributed by atoms with Crippen molar-refractivity contribution in [3.63, 3.8) is 0 Å². The number of aryl methyl sites for hydroxylation is 2. The molecule has 0 bridgehead atoms. The SMILES string of the molecule is C=CC(=O)N1C[C@@H](n2cnc(CN3C[C@H]4CC(=O)N(c5cc(C(F)(F)F)cc(C)n5)[C@@H]4C(=O)N(C)c4cccc(C)c43)c2)[C@@H](F)C1. The molecule has 2 fully saturated rings. The number of benzene rings is 1. The number of alkyl halides is 4. The van der Waals surface area contributed by atoms with Crippen LogP contribution in [0.1, 0.15) is 35.0 Å². The van der Waals surface area contributed by atoms with Gasteiger partial charge in [-0.05, 0) is 43.7 Å². The van der Waals surface area contributed by atoms with E-state index in [1.165, 1.54) is 23.1 Å². The summed E-state index contributed by atoms with van der Waals surface area (Å²) >= 11 is 0. The van der Waals surface area contributed by atoms with E-state index in [0.29, 0.717) is 11.4 Å². The number of likely N-dealkylation sites (tertiary alicyclic amines) is 1. The maximum atomic E-state index is 15.0. The maximum Gasteiger partial charge on any atom is 0.416 e. The first-order chi connectivity index (χ1) is 21.8. The average Bonchev–Trinajstić information content (AvgIpc) is 3.70. The molecule has 6 rings (SSSR count). The van der Waals surface area contributed by atoms with E-state index in [1.54, 1.807) is 29.9 Å². The highest BCUT2D eigenvalue weighted by atomic mass is 19.4. The Bertz CT molecular complexity index is 1720. The van der Waals surface area contributed by atoms with Crippen LogP contribution in [0, 0.1) is 19.8 Å². The third-order valence-electron chi connectivity index (χ3n) is 8.97. The molecule has 46 heavy (non-hydrogen) atoms. The monoisotopic (exact) mass is 639 g/mol. The lowest BCUT2D eigenvalue weighted by molar-refractivity contribution is -0.137. The molecule has 0 unspecified atom stereocenters. The molecule has 5 heterocycles. The number of pyridine rings is 1. The van der Waals surface area contributed by atoms with Crippen molar-refractivity contribution in [3.8, 4) is 0 Å². The van der Waals surface area contributed by atoms with Gasteiger partial charge >= 0.3 is 6.18 Å². The first-order valence-corrected chi connectivity index (χ1v) is 14.8. The molecule has 4 atom stereocenters. The number of halogens is 4. The number of imidazole rings is 1. The molecule has 3 aliphatic rings. The number of hydrogen-bond donors (Lipinski definition) is 0. The number of carbonyl (C=O) groups is 3. The number of aromatic nitrogens is 3. The van der Waals surface area contributed by atoms with Crippen molar-refractivity contribution < 1.29 is 31.9 Å². The van der Waals surface area contributed by atoms with Crippen LogP contribution in [-0.4, -0.2) is 76.1 Å². The molecule has 1 aromatic carbocycles. The Hall–Kier alpha value is -4.75. The molecule has 10 nitrogen and oxygen atoms in total. The fourth-order valence-electron chi connectivity index (χ4n) is 6.82. The Kier molecular flexibility index (Phi) is 7.85. The molecule has 3 aliphatic heterocycles. The van der Waals surface area contributed by atoms with E-state index in [0.717, 1.165) is 34.4 Å². The summed E-state index contributed by atoms with van der Waals surface area (Å²) in [4.78, 5) is 54.4. The smallest absolute Gasteiger partial charge is 0.363 e. The third kappa shape index (κ3) is 5.49. The van der Waals surface area contributed by atoms with Gasteiger partial charge in [0.1, 0.15) is 18.0 Å². The summed E-state index contributed by atoms with van der Waals surface area (Å²) in [6.07, 6.45) is -1.62. The molecule has 0 aliphatic carbocycles. The van der Waals surface area contributed by atoms with Gasteiger partial charge in [0.2, 0.25) is 17.7 Å². The quantitative estimate of drug-likeness (QED) is 0.307. The van der Waals surface area contributed by atoms with Crippen LogP contribution in [0.3, 0.4) is 0 Å². The molecule has 0 saturated carbocycles. The van der Waals surface area contributed by atoms with E-state index in [-0.39, 0.29) is 50.0 Å². The van der Waals surface area contributed by atoms with E-state index < -0.39 is 47.7 Å². The highest BCUT2D eigenvalue weighted by Gasteiger charge is 2.49. The molecule has 2 saturated heterocycles. The topological polar surface area (TPSA) is 94.9 Å². The molecule has 2 aromatic heterocycles. The molecular formula is C32H33F4N7O3. The molecule has 3 amide bonds. The minimum absolute atomic E-state index is 0.0457. The second-order valence-electron chi connectivity index (χ2n) is 12.1. The van der Waals surface area contributed by atoms with E-state index in [9.17, 15) is 31.9 Å². The summed E-state index contributed by atoms with van der Waals surface area (Å²) in [5.41, 5.74) is 1.89. The van der Waals surface area contributed by atoms with Crippen molar-refractivity contribution >= 4 is 34.9 Å². The van der Waals surface area contributed by atoms with Crippen LogP contribution in [-0.2, 0) is 27.1 Å². The second kappa shape index (κ2) is 11.6. The van der Waals surface area contributed by atoms with Gasteiger partial charge in [-0.2, -0.15) is 13.2 Å². The van der Waals surface area contributed by atoms with Crippen LogP contribution in [0.5, 0.6) is 0 Å². The molecule has 0 radical (unpaired) electrons. The summed E-state index contributed by atoms with van der Waals surface area (Å²) in [5.74, 6) is -2.08. The van der Waals surface area contributed by atoms with Crippen molar-refractivity contribution in [3.05, 3.63) is 78.0 Å². The van der Waals surface area contributed by atoms with Crippen LogP contribution >= 0.6 is 0 Å². The Morgan fingerprint density at radius 1 is 1.13 bits per heavy atom. The number of anilines is 3. The molecule has 3 aromatic rings. The summed E-state index contributed by atoms with van der Waals surface area (Å²) in [6, 6.07) is 5.48. The normalized spacial score (nSPS) is 23.4. The highest BCUT2D eigenvalue weighted by molar-refractivity contribution is 6.10. The van der Waals surface area contributed by atoms with Crippen LogP contribution in [0.4, 0.5) is 34.8 Å². The number of fused-ring (bicyclic) bond motifs is 2. The molecule has 14 heteroatoms. The molecule has 242 valence electrons. The van der Waals surface area contributed by atoms with Crippen molar-refractivity contribution in [1.82, 2.24) is 19.4 Å². The van der Waals surface area contributed by atoms with Crippen LogP contribution in [0.25, 0.3) is 0 Å². The van der Waals surface area contributed by atoms with Gasteiger partial charge in [-0.25, -0.2) is 14.4 Å². The molecule has 0 spiro atoms. The Morgan fingerprint density at radius 3 is 2.61 bits per heavy atom. The van der Waals surface area contributed by atoms with Crippen LogP contribution in [0.2, 0.25) is 0 Å². The number of nitrogens with zero attached hydrogens (tertiary/aromatic N) is 7. The first kappa shape index (κ1) is 31.2. The van der Waals surface area contributed by atoms with Gasteiger partial charge in [0.25, 0.3) is 0 Å². The lowest BCUT2D eigenvalue weighted by atomic mass is 9.95. The Morgan fingerprint density at radius 2 is 1.89 bits per heavy atom. The fraction of sp³-hybridized carbons (Fsp3) is 0.406. The number of amides is 3. The zero-order valence-corrected chi connectivity index (χ0v) is 25.5. The summed E-state index contributed by atoms with van der Waals surface area (Å²) < 4.78 is 57.8. The molecular weight excluding hydrogens is 606 g/mol. The minimum atomic E-state index is -4.66. The van der Waals surface area contributed by atoms with E-state index in [2.05, 4.69) is 16.5 Å². The van der Waals surface area contributed by atoms with Crippen LogP contribution in [0.15, 0.2) is 55.5 Å². The van der Waals surface area contributed by atoms with E-state index >= 15 is 0 Å². The van der Waals surface area contributed by atoms with Gasteiger partial charge in [0, 0.05) is 44.4 Å². The summed E-state index contributed by atoms with van der Waals surface area (Å²) in [6.45, 7) is 7.37. The van der Waals surface area contributed by atoms with Crippen molar-refractivity contribution in [1.29, 1.82) is 0 Å². The Balaban J connectivity index is 1.35. The average molecular weight is 640 g/mol. The summed E-state index contributed by atoms with van der Waals surface area (Å²) in [7, 11) is 1.58. The number of rotatable bonds is 5. The standard InChI is InChI=1S/C32H33F4N7O3/c1-5-27(44)40-15-23(33)25(16-40)42-14-22(37-17-42)13-41-12-20-10-28(45)43(26-11-21(32(34,35)36)9-19(3)38-26)30(20)31(46)39(4)24-8-6-7-18(2)29(24)41/h5-9,11,14,17,20,23,25,30H,1,10,12-13,15-16H2,2-4H3/t20-,23+,25-,30+/m1/s1. The van der Waals surface area contributed by atoms with Crippen molar-refractivity contribution in [2.45, 2.75) is 51.2 Å². The first-order valence-electron chi connectivity index (χ1n) is 14.8. The van der Waals surface area contributed by atoms with Gasteiger partial charge in [0.05, 0.1) is 48.1 Å². The van der Waals surface area contributed by atoms with Crippen molar-refractivity contribution in [2.75, 3.05) is 41.4 Å². The van der Waals surface area contributed by atoms with E-state index in [4.69, 9.17) is 0 Å². The second-order valence-corrected chi connectivity index (χ2v) is 12.1.